The molecule has 0 unspecified atom stereocenters. The van der Waals surface area contributed by atoms with E-state index in [-0.39, 0.29) is 0 Å². The van der Waals surface area contributed by atoms with Crippen LogP contribution in [0, 0.1) is 5.41 Å². The van der Waals surface area contributed by atoms with Crippen LogP contribution in [0.2, 0.25) is 0 Å². The Bertz CT molecular complexity index is 130. The van der Waals surface area contributed by atoms with E-state index in [4.69, 9.17) is 5.73 Å². The number of unbranched alkanes of at least 4 members (excludes halogenated alkanes) is 6. The molecule has 0 rings (SSSR count). The number of hydrogen-bond acceptors (Lipinski definition) is 1. The van der Waals surface area contributed by atoms with Crippen LogP contribution in [0.3, 0.4) is 0 Å². The molecule has 2 N–H and O–H groups in total. The van der Waals surface area contributed by atoms with Crippen molar-refractivity contribution in [2.24, 2.45) is 11.1 Å². The van der Waals surface area contributed by atoms with Crippen LogP contribution < -0.4 is 5.73 Å². The van der Waals surface area contributed by atoms with Gasteiger partial charge in [0.15, 0.2) is 0 Å². The van der Waals surface area contributed by atoms with E-state index < -0.39 is 0 Å². The SMILES string of the molecule is CCCCCCCCCC(CC)(CC)CN. The second-order valence-electron chi connectivity index (χ2n) is 5.28. The van der Waals surface area contributed by atoms with Gasteiger partial charge in [-0.3, -0.25) is 0 Å². The summed E-state index contributed by atoms with van der Waals surface area (Å²) in [6.45, 7) is 7.73. The van der Waals surface area contributed by atoms with Gasteiger partial charge in [-0.15, -0.1) is 0 Å². The average molecular weight is 227 g/mol. The Hall–Kier alpha value is -0.0400. The summed E-state index contributed by atoms with van der Waals surface area (Å²) in [6, 6.07) is 0. The highest BCUT2D eigenvalue weighted by atomic mass is 14.6. The van der Waals surface area contributed by atoms with Gasteiger partial charge in [0, 0.05) is 0 Å². The van der Waals surface area contributed by atoms with Gasteiger partial charge in [-0.2, -0.15) is 0 Å². The summed E-state index contributed by atoms with van der Waals surface area (Å²) < 4.78 is 0. The Morgan fingerprint density at radius 1 is 0.750 bits per heavy atom. The second kappa shape index (κ2) is 10.1. The summed E-state index contributed by atoms with van der Waals surface area (Å²) in [5.74, 6) is 0. The summed E-state index contributed by atoms with van der Waals surface area (Å²) in [4.78, 5) is 0. The summed E-state index contributed by atoms with van der Waals surface area (Å²) in [5.41, 5.74) is 6.36. The van der Waals surface area contributed by atoms with E-state index in [1.807, 2.05) is 0 Å². The number of nitrogens with two attached hydrogens (primary N) is 1. The normalized spacial score (nSPS) is 12.0. The Kier molecular flexibility index (Phi) is 10.1. The summed E-state index contributed by atoms with van der Waals surface area (Å²) in [5, 5.41) is 0. The Morgan fingerprint density at radius 3 is 1.69 bits per heavy atom. The van der Waals surface area contributed by atoms with Gasteiger partial charge < -0.3 is 5.73 Å². The summed E-state index contributed by atoms with van der Waals surface area (Å²) >= 11 is 0. The van der Waals surface area contributed by atoms with Gasteiger partial charge in [-0.05, 0) is 31.2 Å². The Balaban J connectivity index is 3.48. The highest BCUT2D eigenvalue weighted by Gasteiger charge is 2.23. The van der Waals surface area contributed by atoms with Crippen LogP contribution in [0.15, 0.2) is 0 Å². The van der Waals surface area contributed by atoms with E-state index in [1.54, 1.807) is 0 Å². The minimum atomic E-state index is 0.448. The van der Waals surface area contributed by atoms with E-state index in [0.717, 1.165) is 6.54 Å². The first-order chi connectivity index (χ1) is 7.74. The zero-order valence-corrected chi connectivity index (χ0v) is 11.9. The second-order valence-corrected chi connectivity index (χ2v) is 5.28. The van der Waals surface area contributed by atoms with Gasteiger partial charge in [0.05, 0.1) is 0 Å². The Labute approximate surface area is 103 Å². The van der Waals surface area contributed by atoms with Gasteiger partial charge in [0.25, 0.3) is 0 Å². The third kappa shape index (κ3) is 6.52. The molecule has 16 heavy (non-hydrogen) atoms. The largest absolute Gasteiger partial charge is 0.330 e. The van der Waals surface area contributed by atoms with Gasteiger partial charge in [0.2, 0.25) is 0 Å². The first-order valence-corrected chi connectivity index (χ1v) is 7.44. The number of hydrogen-bond donors (Lipinski definition) is 1. The van der Waals surface area contributed by atoms with E-state index in [2.05, 4.69) is 20.8 Å². The minimum Gasteiger partial charge on any atom is -0.330 e. The van der Waals surface area contributed by atoms with Crippen molar-refractivity contribution < 1.29 is 0 Å². The van der Waals surface area contributed by atoms with Crippen molar-refractivity contribution in [3.63, 3.8) is 0 Å². The summed E-state index contributed by atoms with van der Waals surface area (Å²) in [6.07, 6.45) is 13.7. The third-order valence-electron chi connectivity index (χ3n) is 4.24. The quantitative estimate of drug-likeness (QED) is 0.500. The van der Waals surface area contributed by atoms with Crippen LogP contribution in [0.4, 0.5) is 0 Å². The molecule has 0 aliphatic rings. The predicted molar refractivity (Wildman–Crippen MR) is 74.7 cm³/mol. The molecule has 1 heteroatoms. The van der Waals surface area contributed by atoms with Gasteiger partial charge in [-0.1, -0.05) is 65.7 Å². The first-order valence-electron chi connectivity index (χ1n) is 7.44. The molecule has 98 valence electrons. The fourth-order valence-corrected chi connectivity index (χ4v) is 2.45. The standard InChI is InChI=1S/C15H33N/c1-4-7-8-9-10-11-12-13-15(5-2,6-3)14-16/h4-14,16H2,1-3H3. The molecule has 0 radical (unpaired) electrons. The molecular formula is C15H33N. The molecule has 0 atom stereocenters. The molecule has 0 aromatic carbocycles. The average Bonchev–Trinajstić information content (AvgIpc) is 2.34. The zero-order chi connectivity index (χ0) is 12.3. The lowest BCUT2D eigenvalue weighted by Gasteiger charge is -2.30. The topological polar surface area (TPSA) is 26.0 Å². The molecule has 0 saturated heterocycles. The first kappa shape index (κ1) is 16.0. The van der Waals surface area contributed by atoms with Crippen LogP contribution in [-0.4, -0.2) is 6.54 Å². The van der Waals surface area contributed by atoms with E-state index in [1.165, 1.54) is 64.2 Å². The maximum absolute atomic E-state index is 5.91. The predicted octanol–water partition coefficient (Wildman–Crippen LogP) is 4.89. The van der Waals surface area contributed by atoms with Crippen molar-refractivity contribution >= 4 is 0 Å². The van der Waals surface area contributed by atoms with Crippen LogP contribution in [0.1, 0.15) is 85.0 Å². The molecule has 0 amide bonds. The molecule has 1 nitrogen and oxygen atoms in total. The van der Waals surface area contributed by atoms with E-state index >= 15 is 0 Å². The lowest BCUT2D eigenvalue weighted by molar-refractivity contribution is 0.240. The van der Waals surface area contributed by atoms with Crippen molar-refractivity contribution in [3.05, 3.63) is 0 Å². The zero-order valence-electron chi connectivity index (χ0n) is 11.9. The maximum atomic E-state index is 5.91. The highest BCUT2D eigenvalue weighted by Crippen LogP contribution is 2.31. The maximum Gasteiger partial charge on any atom is -0.00207 e. The lowest BCUT2D eigenvalue weighted by atomic mass is 9.78. The molecule has 0 spiro atoms. The van der Waals surface area contributed by atoms with Crippen LogP contribution in [0.5, 0.6) is 0 Å². The van der Waals surface area contributed by atoms with Crippen LogP contribution in [0.25, 0.3) is 0 Å². The summed E-state index contributed by atoms with van der Waals surface area (Å²) in [7, 11) is 0. The van der Waals surface area contributed by atoms with E-state index in [0.29, 0.717) is 5.41 Å². The van der Waals surface area contributed by atoms with Crippen LogP contribution >= 0.6 is 0 Å². The van der Waals surface area contributed by atoms with Crippen molar-refractivity contribution in [3.8, 4) is 0 Å². The minimum absolute atomic E-state index is 0.448. The molecule has 0 aromatic rings. The molecule has 0 saturated carbocycles. The highest BCUT2D eigenvalue weighted by molar-refractivity contribution is 4.77. The molecule has 0 heterocycles. The Morgan fingerprint density at radius 2 is 1.25 bits per heavy atom. The molecule has 0 fully saturated rings. The van der Waals surface area contributed by atoms with Crippen molar-refractivity contribution in [1.29, 1.82) is 0 Å². The fraction of sp³-hybridized carbons (Fsp3) is 1.00. The lowest BCUT2D eigenvalue weighted by Crippen LogP contribution is -2.29. The molecule has 0 aliphatic carbocycles. The van der Waals surface area contributed by atoms with Crippen molar-refractivity contribution in [1.82, 2.24) is 0 Å². The molecule has 0 bridgehead atoms. The van der Waals surface area contributed by atoms with Gasteiger partial charge in [-0.25, -0.2) is 0 Å². The fourth-order valence-electron chi connectivity index (χ4n) is 2.45. The smallest absolute Gasteiger partial charge is 0.00207 e. The monoisotopic (exact) mass is 227 g/mol. The molecule has 0 aliphatic heterocycles. The van der Waals surface area contributed by atoms with Crippen molar-refractivity contribution in [2.45, 2.75) is 85.0 Å². The third-order valence-corrected chi connectivity index (χ3v) is 4.24. The molecular weight excluding hydrogens is 194 g/mol. The van der Waals surface area contributed by atoms with Gasteiger partial charge in [0.1, 0.15) is 0 Å². The molecule has 0 aromatic heterocycles. The van der Waals surface area contributed by atoms with Gasteiger partial charge >= 0.3 is 0 Å². The number of rotatable bonds is 11. The van der Waals surface area contributed by atoms with Crippen LogP contribution in [-0.2, 0) is 0 Å². The van der Waals surface area contributed by atoms with E-state index in [9.17, 15) is 0 Å². The van der Waals surface area contributed by atoms with Crippen molar-refractivity contribution in [2.75, 3.05) is 6.54 Å².